The monoisotopic (exact) mass is 419 g/mol. The third-order valence-electron chi connectivity index (χ3n) is 5.27. The van der Waals surface area contributed by atoms with Crippen LogP contribution in [0.3, 0.4) is 0 Å². The van der Waals surface area contributed by atoms with Gasteiger partial charge in [-0.25, -0.2) is 4.98 Å². The fraction of sp³-hybridized carbons (Fsp3) is 0.292. The van der Waals surface area contributed by atoms with Crippen LogP contribution in [0.25, 0.3) is 32.1 Å². The van der Waals surface area contributed by atoms with Crippen LogP contribution in [0, 0.1) is 0 Å². The summed E-state index contributed by atoms with van der Waals surface area (Å²) in [7, 11) is 0. The molecule has 0 radical (unpaired) electrons. The topological polar surface area (TPSA) is 55.2 Å². The van der Waals surface area contributed by atoms with Crippen molar-refractivity contribution in [2.75, 3.05) is 13.1 Å². The molecule has 154 valence electrons. The van der Waals surface area contributed by atoms with Crippen LogP contribution in [-0.2, 0) is 11.3 Å². The van der Waals surface area contributed by atoms with Gasteiger partial charge in [-0.05, 0) is 35.2 Å². The first-order valence-electron chi connectivity index (χ1n) is 10.4. The Kier molecular flexibility index (Phi) is 5.95. The van der Waals surface area contributed by atoms with Crippen LogP contribution in [0.2, 0.25) is 0 Å². The lowest BCUT2D eigenvalue weighted by Gasteiger charge is -2.21. The van der Waals surface area contributed by atoms with E-state index in [1.54, 1.807) is 0 Å². The van der Waals surface area contributed by atoms with Gasteiger partial charge in [0.05, 0.1) is 11.7 Å². The number of carbonyl (C=O) groups is 1. The summed E-state index contributed by atoms with van der Waals surface area (Å²) in [6.45, 7) is 5.54. The van der Waals surface area contributed by atoms with Crippen LogP contribution >= 0.6 is 11.3 Å². The van der Waals surface area contributed by atoms with Crippen molar-refractivity contribution in [1.29, 1.82) is 0 Å². The largest absolute Gasteiger partial charge is 0.341 e. The highest BCUT2D eigenvalue weighted by atomic mass is 32.1. The Morgan fingerprint density at radius 2 is 1.80 bits per heavy atom. The van der Waals surface area contributed by atoms with Crippen LogP contribution in [0.1, 0.15) is 26.7 Å². The second-order valence-corrected chi connectivity index (χ2v) is 8.31. The molecule has 0 aliphatic carbocycles. The second-order valence-electron chi connectivity index (χ2n) is 7.45. The van der Waals surface area contributed by atoms with E-state index in [0.29, 0.717) is 23.3 Å². The number of thiophene rings is 1. The van der Waals surface area contributed by atoms with Crippen molar-refractivity contribution < 1.29 is 4.79 Å². The third-order valence-corrected chi connectivity index (χ3v) is 6.15. The molecule has 1 amide bonds. The number of fused-ring (bicyclic) bond motifs is 2. The van der Waals surface area contributed by atoms with Crippen LogP contribution in [-0.4, -0.2) is 33.4 Å². The number of aromatic nitrogens is 2. The van der Waals surface area contributed by atoms with Crippen molar-refractivity contribution in [2.45, 2.75) is 33.2 Å². The Bertz CT molecular complexity index is 1250. The summed E-state index contributed by atoms with van der Waals surface area (Å²) in [5.41, 5.74) is 1.70. The van der Waals surface area contributed by atoms with E-state index in [2.05, 4.69) is 43.1 Å². The molecule has 2 aromatic heterocycles. The molecule has 5 nitrogen and oxygen atoms in total. The first-order chi connectivity index (χ1) is 14.6. The molecule has 0 unspecified atom stereocenters. The molecule has 0 saturated heterocycles. The predicted molar refractivity (Wildman–Crippen MR) is 124 cm³/mol. The minimum atomic E-state index is -0.161. The smallest absolute Gasteiger partial charge is 0.263 e. The van der Waals surface area contributed by atoms with Crippen LogP contribution in [0.5, 0.6) is 0 Å². The number of carbonyl (C=O) groups excluding carboxylic acids is 1. The fourth-order valence-electron chi connectivity index (χ4n) is 3.80. The number of hydrogen-bond acceptors (Lipinski definition) is 4. The number of hydrogen-bond donors (Lipinski definition) is 0. The van der Waals surface area contributed by atoms with E-state index in [-0.39, 0.29) is 18.0 Å². The maximum atomic E-state index is 13.3. The molecule has 0 saturated carbocycles. The molecule has 4 aromatic rings. The summed E-state index contributed by atoms with van der Waals surface area (Å²) in [4.78, 5) is 33.0. The summed E-state index contributed by atoms with van der Waals surface area (Å²) in [5.74, 6) is -0.0376. The standard InChI is InChI=1S/C24H25N3O2S/c1-3-11-26(12-4-2)21(28)14-27-16-25-23-22(24(27)29)20(15-30-23)19-10-9-17-7-5-6-8-18(17)13-19/h5-10,13,15-16H,3-4,11-12,14H2,1-2H3. The zero-order valence-corrected chi connectivity index (χ0v) is 18.1. The lowest BCUT2D eigenvalue weighted by atomic mass is 10.0. The molecule has 2 heterocycles. The molecule has 4 rings (SSSR count). The molecule has 0 atom stereocenters. The van der Waals surface area contributed by atoms with E-state index >= 15 is 0 Å². The maximum absolute atomic E-state index is 13.3. The Labute approximate surface area is 179 Å². The van der Waals surface area contributed by atoms with Gasteiger partial charge >= 0.3 is 0 Å². The Morgan fingerprint density at radius 1 is 1.07 bits per heavy atom. The van der Waals surface area contributed by atoms with E-state index in [4.69, 9.17) is 0 Å². The van der Waals surface area contributed by atoms with Gasteiger partial charge in [-0.2, -0.15) is 0 Å². The zero-order valence-electron chi connectivity index (χ0n) is 17.3. The van der Waals surface area contributed by atoms with Crippen molar-refractivity contribution in [3.05, 3.63) is 64.5 Å². The van der Waals surface area contributed by atoms with Gasteiger partial charge in [0.2, 0.25) is 5.91 Å². The quantitative estimate of drug-likeness (QED) is 0.427. The highest BCUT2D eigenvalue weighted by molar-refractivity contribution is 7.17. The van der Waals surface area contributed by atoms with Gasteiger partial charge in [0.25, 0.3) is 5.56 Å². The average Bonchev–Trinajstić information content (AvgIpc) is 3.20. The number of rotatable bonds is 7. The first kappa shape index (κ1) is 20.3. The summed E-state index contributed by atoms with van der Waals surface area (Å²) < 4.78 is 1.44. The molecule has 0 spiro atoms. The Morgan fingerprint density at radius 3 is 2.53 bits per heavy atom. The molecule has 0 fully saturated rings. The second kappa shape index (κ2) is 8.79. The van der Waals surface area contributed by atoms with Gasteiger partial charge in [0.15, 0.2) is 0 Å². The molecule has 0 aliphatic heterocycles. The minimum absolute atomic E-state index is 0.0226. The molecule has 0 N–H and O–H groups in total. The van der Waals surface area contributed by atoms with Crippen LogP contribution in [0.4, 0.5) is 0 Å². The first-order valence-corrected chi connectivity index (χ1v) is 11.2. The summed E-state index contributed by atoms with van der Waals surface area (Å²) in [5, 5.41) is 4.86. The third kappa shape index (κ3) is 3.87. The summed E-state index contributed by atoms with van der Waals surface area (Å²) >= 11 is 1.46. The van der Waals surface area contributed by atoms with Gasteiger partial charge in [-0.15, -0.1) is 11.3 Å². The molecule has 2 aromatic carbocycles. The predicted octanol–water partition coefficient (Wildman–Crippen LogP) is 4.93. The van der Waals surface area contributed by atoms with E-state index < -0.39 is 0 Å². The lowest BCUT2D eigenvalue weighted by molar-refractivity contribution is -0.132. The number of nitrogens with zero attached hydrogens (tertiary/aromatic N) is 3. The Hall–Kier alpha value is -2.99. The van der Waals surface area contributed by atoms with Crippen LogP contribution in [0.15, 0.2) is 59.0 Å². The van der Waals surface area contributed by atoms with Gasteiger partial charge in [0.1, 0.15) is 11.4 Å². The average molecular weight is 420 g/mol. The van der Waals surface area contributed by atoms with Gasteiger partial charge in [-0.3, -0.25) is 14.2 Å². The molecular weight excluding hydrogens is 394 g/mol. The molecule has 0 aliphatic rings. The SMILES string of the molecule is CCCN(CCC)C(=O)Cn1cnc2scc(-c3ccc4ccccc4c3)c2c1=O. The normalized spacial score (nSPS) is 11.3. The molecular formula is C24H25N3O2S. The summed E-state index contributed by atoms with van der Waals surface area (Å²) in [6.07, 6.45) is 3.29. The van der Waals surface area contributed by atoms with E-state index in [1.807, 2.05) is 28.5 Å². The highest BCUT2D eigenvalue weighted by Crippen LogP contribution is 2.32. The van der Waals surface area contributed by atoms with Crippen molar-refractivity contribution in [1.82, 2.24) is 14.5 Å². The lowest BCUT2D eigenvalue weighted by Crippen LogP contribution is -2.37. The fourth-order valence-corrected chi connectivity index (χ4v) is 4.70. The van der Waals surface area contributed by atoms with Crippen molar-refractivity contribution in [3.8, 4) is 11.1 Å². The zero-order chi connectivity index (χ0) is 21.1. The van der Waals surface area contributed by atoms with Gasteiger partial charge < -0.3 is 4.90 Å². The molecule has 6 heteroatoms. The minimum Gasteiger partial charge on any atom is -0.341 e. The summed E-state index contributed by atoms with van der Waals surface area (Å²) in [6, 6.07) is 14.4. The van der Waals surface area contributed by atoms with E-state index in [1.165, 1.54) is 22.2 Å². The van der Waals surface area contributed by atoms with E-state index in [9.17, 15) is 9.59 Å². The Balaban J connectivity index is 1.73. The van der Waals surface area contributed by atoms with Crippen molar-refractivity contribution in [3.63, 3.8) is 0 Å². The molecule has 30 heavy (non-hydrogen) atoms. The highest BCUT2D eigenvalue weighted by Gasteiger charge is 2.17. The van der Waals surface area contributed by atoms with Crippen LogP contribution < -0.4 is 5.56 Å². The van der Waals surface area contributed by atoms with Crippen molar-refractivity contribution >= 4 is 38.2 Å². The maximum Gasteiger partial charge on any atom is 0.263 e. The van der Waals surface area contributed by atoms with E-state index in [0.717, 1.165) is 34.7 Å². The van der Waals surface area contributed by atoms with Crippen molar-refractivity contribution in [2.24, 2.45) is 0 Å². The van der Waals surface area contributed by atoms with Gasteiger partial charge in [-0.1, -0.05) is 50.2 Å². The number of amides is 1. The van der Waals surface area contributed by atoms with Gasteiger partial charge in [0, 0.05) is 24.0 Å². The molecule has 0 bridgehead atoms. The number of benzene rings is 2.